The number of piperidine rings is 1. The first kappa shape index (κ1) is 112. The predicted molar refractivity (Wildman–Crippen MR) is 548 cm³/mol. The third kappa shape index (κ3) is 30.8. The van der Waals surface area contributed by atoms with Gasteiger partial charge in [-0.25, -0.2) is 44.9 Å². The quantitative estimate of drug-likeness (QED) is 0.0108. The number of nitrogens with zero attached hydrogens (tertiary/aromatic N) is 19. The van der Waals surface area contributed by atoms with E-state index in [9.17, 15) is 43.2 Å². The first-order valence-electron chi connectivity index (χ1n) is 46.0. The van der Waals surface area contributed by atoms with Crippen LogP contribution < -0.4 is 21.4 Å². The Kier molecular flexibility index (Phi) is 37.1. The molecule has 0 unspecified atom stereocenters. The summed E-state index contributed by atoms with van der Waals surface area (Å²) in [4.78, 5) is 150. The number of hydrogen-bond acceptors (Lipinski definition) is 33. The molecule has 3 aliphatic rings. The van der Waals surface area contributed by atoms with Crippen LogP contribution >= 0.6 is 31.9 Å². The van der Waals surface area contributed by atoms with E-state index in [0.29, 0.717) is 97.0 Å². The third-order valence-corrected chi connectivity index (χ3v) is 23.2. The van der Waals surface area contributed by atoms with E-state index in [1.165, 1.54) is 52.8 Å². The number of halogens is 2. The van der Waals surface area contributed by atoms with E-state index in [1.807, 2.05) is 201 Å². The molecule has 2 aliphatic heterocycles. The highest BCUT2D eigenvalue weighted by Crippen LogP contribution is 2.54. The highest BCUT2D eigenvalue weighted by atomic mass is 79.9. The summed E-state index contributed by atoms with van der Waals surface area (Å²) in [5.41, 5.74) is 8.15. The maximum atomic E-state index is 12.3. The van der Waals surface area contributed by atoms with E-state index in [0.717, 1.165) is 71.6 Å². The van der Waals surface area contributed by atoms with Crippen LogP contribution in [0.15, 0.2) is 144 Å². The first-order chi connectivity index (χ1) is 67.0. The summed E-state index contributed by atoms with van der Waals surface area (Å²) in [7, 11) is 11.0. The van der Waals surface area contributed by atoms with Crippen LogP contribution in [0.5, 0.6) is 0 Å². The van der Waals surface area contributed by atoms with E-state index in [2.05, 4.69) is 120 Å². The molecule has 0 spiro atoms. The molecule has 1 amide bonds. The molecular formula is C101H125BBr2N22O17. The van der Waals surface area contributed by atoms with Crippen LogP contribution in [0.3, 0.4) is 0 Å². The van der Waals surface area contributed by atoms with Crippen molar-refractivity contribution in [2.24, 2.45) is 5.41 Å². The lowest BCUT2D eigenvalue weighted by atomic mass is 9.78. The fraction of sp³-hybridized carbons (Fsp3) is 0.426. The molecule has 6 N–H and O–H groups in total. The minimum atomic E-state index is -1.02. The summed E-state index contributed by atoms with van der Waals surface area (Å²) >= 11 is 6.48. The van der Waals surface area contributed by atoms with Gasteiger partial charge in [-0.2, -0.15) is 20.4 Å². The SMILES string of the molecule is CC(=O)c1nn(CC(=O)O)c2ccc(-c3cnc(CN(C)C)nc3)cc12.CC(=O)c1nn(CC(=O)OC(C)(C)C)c2ccc(-c3cnc(CN(C)C)nc3)cc12.CC(=O)c1nn(CC(=O)OC(C)(C)C)c2ccc(-c3cnc(CO)nc3)cc12.CC(=O)c1nn(CC(=O)OC(C)(C)C)c2ccc(B3OC(C)(C)C(C)(C)O3)cc12.CNC.Cc1ccc(Br)nc1NC(=O)[C@@H]1C[C@@]2(C)C[C@H]2N1.OCc1ncc(Br)cn1. The number of aliphatic hydroxyl groups is 2. The maximum Gasteiger partial charge on any atom is 0.494 e. The van der Waals surface area contributed by atoms with Gasteiger partial charge < -0.3 is 64.6 Å². The molecule has 758 valence electrons. The van der Waals surface area contributed by atoms with Crippen LogP contribution in [0.1, 0.15) is 208 Å². The van der Waals surface area contributed by atoms with Gasteiger partial charge in [0, 0.05) is 122 Å². The van der Waals surface area contributed by atoms with Crippen LogP contribution in [0, 0.1) is 12.3 Å². The number of nitrogens with one attached hydrogen (secondary N) is 3. The Labute approximate surface area is 846 Å². The Hall–Kier alpha value is -13.0. The second-order valence-electron chi connectivity index (χ2n) is 39.4. The molecule has 11 heterocycles. The highest BCUT2D eigenvalue weighted by molar-refractivity contribution is 9.10. The summed E-state index contributed by atoms with van der Waals surface area (Å²) in [6.45, 7) is 34.6. The molecule has 13 aromatic rings. The Morgan fingerprint density at radius 3 is 1.10 bits per heavy atom. The van der Waals surface area contributed by atoms with Gasteiger partial charge in [0.1, 0.15) is 101 Å². The van der Waals surface area contributed by atoms with Gasteiger partial charge >= 0.3 is 31.0 Å². The fourth-order valence-corrected chi connectivity index (χ4v) is 15.5. The van der Waals surface area contributed by atoms with Crippen molar-refractivity contribution in [3.8, 4) is 33.4 Å². The van der Waals surface area contributed by atoms with Gasteiger partial charge in [0.2, 0.25) is 5.91 Å². The topological polar surface area (TPSA) is 490 Å². The van der Waals surface area contributed by atoms with Crippen molar-refractivity contribution in [3.05, 3.63) is 195 Å². The Morgan fingerprint density at radius 2 is 0.790 bits per heavy atom. The number of amides is 1. The molecule has 3 atom stereocenters. The number of aromatic nitrogens is 17. The number of aliphatic hydroxyl groups excluding tert-OH is 2. The smallest absolute Gasteiger partial charge is 0.480 e. The Balaban J connectivity index is 0.000000179. The van der Waals surface area contributed by atoms with E-state index < -0.39 is 59.0 Å². The summed E-state index contributed by atoms with van der Waals surface area (Å²) in [5, 5.41) is 55.4. The lowest BCUT2D eigenvalue weighted by Crippen LogP contribution is -2.41. The maximum absolute atomic E-state index is 12.3. The lowest BCUT2D eigenvalue weighted by Gasteiger charge is -2.32. The minimum absolute atomic E-state index is 0.0251. The van der Waals surface area contributed by atoms with Crippen molar-refractivity contribution >= 4 is 147 Å². The summed E-state index contributed by atoms with van der Waals surface area (Å²) in [6, 6.07) is 26.4. The van der Waals surface area contributed by atoms with Gasteiger partial charge in [-0.3, -0.25) is 61.9 Å². The van der Waals surface area contributed by atoms with Crippen LogP contribution in [-0.2, 0) is 100.0 Å². The van der Waals surface area contributed by atoms with Crippen molar-refractivity contribution in [2.75, 3.05) is 47.6 Å². The number of anilines is 1. The van der Waals surface area contributed by atoms with Crippen molar-refractivity contribution in [1.29, 1.82) is 0 Å². The number of Topliss-reactive ketones (excluding diaryl/α,β-unsaturated/α-hetero) is 4. The van der Waals surface area contributed by atoms with Gasteiger partial charge in [-0.05, 0) is 266 Å². The summed E-state index contributed by atoms with van der Waals surface area (Å²) in [5.74, 6) is -0.118. The Bertz CT molecular complexity index is 6770. The molecule has 2 saturated heterocycles. The van der Waals surface area contributed by atoms with E-state index in [1.54, 1.807) is 82.5 Å². The number of carboxylic acid groups (broad SMARTS) is 1. The second-order valence-corrected chi connectivity index (χ2v) is 41.1. The number of pyridine rings is 1. The number of carboxylic acids is 1. The normalized spacial score (nSPS) is 15.4. The van der Waals surface area contributed by atoms with Gasteiger partial charge in [0.25, 0.3) is 0 Å². The van der Waals surface area contributed by atoms with Crippen molar-refractivity contribution in [3.63, 3.8) is 0 Å². The molecule has 42 heteroatoms. The summed E-state index contributed by atoms with van der Waals surface area (Å²) < 4.78 is 35.7. The Morgan fingerprint density at radius 1 is 0.469 bits per heavy atom. The number of aryl methyl sites for hydroxylation is 1. The van der Waals surface area contributed by atoms with E-state index in [-0.39, 0.29) is 85.9 Å². The number of aliphatic carboxylic acids is 1. The van der Waals surface area contributed by atoms with Crippen molar-refractivity contribution in [1.82, 2.24) is 104 Å². The van der Waals surface area contributed by atoms with E-state index in [4.69, 9.17) is 38.8 Å². The monoisotopic (exact) mass is 2090 g/mol. The second kappa shape index (κ2) is 47.4. The number of rotatable bonds is 24. The van der Waals surface area contributed by atoms with Crippen molar-refractivity contribution < 1.29 is 82.0 Å². The molecule has 9 aromatic heterocycles. The standard InChI is InChI=1S/C22H27N5O3.C21H29BN2O5.C20H22N4O4.C18H19N5O3.C13H16BrN3O.C5H5BrN2O.C2H7N/c1-14(28)21-17-9-15(16-10-23-19(24-11-16)12-26(5)6)7-8-18(17)27(25-21)13-20(29)30-22(2,3)4;1-13(25)18-15-11-14(22-28-20(5,6)21(7,8)29-22)9-10-16(15)24(23-18)12-17(26)27-19(2,3)4;1-12(26)19-15-7-13(14-8-21-17(11-25)22-9-14)5-6-16(15)24(23-19)10-18(27)28-20(2,3)4;1-11(24)18-14-6-12(4-5-15(14)23(21-18)10-17(25)26)13-7-19-16(20-8-13)9-22(2)3;1-7-3-4-10(14)16-11(7)17-12(18)8-5-13(2)6-9(13)15-8;6-4-1-7-5(3-9)8-2-4;1-3-2/h7-11H,12-13H2,1-6H3;9-11H,12H2,1-8H3;5-9,25H,10-11H2,1-4H3;4-8H,9-10H2,1-3H3,(H,25,26);3-4,8-9,15H,5-6H2,1-2H3,(H,16,17,18);1-2,9H,3H2;3H,1-2H3/t;;;;8-,9+,13-;;/m....0../s1. The number of esters is 3. The molecule has 0 bridgehead atoms. The first-order valence-corrected chi connectivity index (χ1v) is 47.6. The molecular weight excluding hydrogens is 1960 g/mol. The van der Waals surface area contributed by atoms with E-state index >= 15 is 0 Å². The number of carbonyl (C=O) groups excluding carboxylic acids is 8. The largest absolute Gasteiger partial charge is 0.494 e. The van der Waals surface area contributed by atoms with Gasteiger partial charge in [0.05, 0.1) is 56.9 Å². The molecule has 39 nitrogen and oxygen atoms in total. The number of hydrogen-bond donors (Lipinski definition) is 6. The minimum Gasteiger partial charge on any atom is -0.480 e. The third-order valence-electron chi connectivity index (χ3n) is 22.3. The molecule has 1 saturated carbocycles. The average molecular weight is 2090 g/mol. The molecule has 143 heavy (non-hydrogen) atoms. The molecule has 4 aromatic carbocycles. The van der Waals surface area contributed by atoms with Crippen LogP contribution in [0.25, 0.3) is 77.0 Å². The zero-order valence-electron chi connectivity index (χ0n) is 85.3. The highest BCUT2D eigenvalue weighted by Gasteiger charge is 2.58. The van der Waals surface area contributed by atoms with Gasteiger partial charge in [-0.15, -0.1) is 0 Å². The number of ketones is 4. The zero-order chi connectivity index (χ0) is 105. The molecule has 0 radical (unpaired) electrons. The molecule has 16 rings (SSSR count). The zero-order valence-corrected chi connectivity index (χ0v) is 88.5. The lowest BCUT2D eigenvalue weighted by molar-refractivity contribution is -0.156. The van der Waals surface area contributed by atoms with Crippen LogP contribution in [0.4, 0.5) is 5.82 Å². The number of ether oxygens (including phenoxy) is 3. The number of carbonyl (C=O) groups is 9. The molecule has 1 aliphatic carbocycles. The fourth-order valence-electron chi connectivity index (χ4n) is 14.9. The van der Waals surface area contributed by atoms with Gasteiger partial charge in [-0.1, -0.05) is 43.3 Å². The number of benzene rings is 4. The van der Waals surface area contributed by atoms with Crippen molar-refractivity contribution in [2.45, 2.75) is 237 Å². The summed E-state index contributed by atoms with van der Waals surface area (Å²) in [6.07, 6.45) is 15.6. The van der Waals surface area contributed by atoms with Crippen LogP contribution in [-0.4, -0.2) is 252 Å². The predicted octanol–water partition coefficient (Wildman–Crippen LogP) is 13.1. The van der Waals surface area contributed by atoms with Crippen LogP contribution in [0.2, 0.25) is 0 Å². The van der Waals surface area contributed by atoms with Gasteiger partial charge in [0.15, 0.2) is 34.8 Å². The number of fused-ring (bicyclic) bond motifs is 5. The molecule has 3 fully saturated rings. The average Bonchev–Trinajstić information content (AvgIpc) is 1.57.